The van der Waals surface area contributed by atoms with Gasteiger partial charge in [-0.2, -0.15) is 0 Å². The maximum absolute atomic E-state index is 12.3. The zero-order valence-corrected chi connectivity index (χ0v) is 15.3. The molecule has 3 N–H and O–H groups in total. The van der Waals surface area contributed by atoms with E-state index >= 15 is 0 Å². The molecule has 0 radical (unpaired) electrons. The molecule has 28 heavy (non-hydrogen) atoms. The second-order valence-electron chi connectivity index (χ2n) is 7.10. The van der Waals surface area contributed by atoms with Crippen LogP contribution in [0.5, 0.6) is 0 Å². The smallest absolute Gasteiger partial charge is 0.339 e. The van der Waals surface area contributed by atoms with Crippen molar-refractivity contribution < 1.29 is 19.7 Å². The third kappa shape index (κ3) is 2.22. The standard InChI is InChI=1S/C21H19N3O4/c1-28-21(27)15-10-22-9-14-13(15)8-17-18-12(6-7-24(17)20(26)19(14)25)11-4-2-3-5-16(11)23-18/h2-5,9-10,17,23,25-26H,6-8H2,1H3. The van der Waals surface area contributed by atoms with Crippen molar-refractivity contribution in [1.82, 2.24) is 14.9 Å². The van der Waals surface area contributed by atoms with Crippen molar-refractivity contribution in [3.63, 3.8) is 0 Å². The topological polar surface area (TPSA) is 98.7 Å². The number of aliphatic hydroxyl groups is 2. The summed E-state index contributed by atoms with van der Waals surface area (Å²) in [6, 6.07) is 7.86. The van der Waals surface area contributed by atoms with E-state index in [2.05, 4.69) is 16.0 Å². The molecule has 3 aromatic rings. The van der Waals surface area contributed by atoms with E-state index in [0.717, 1.165) is 23.0 Å². The van der Waals surface area contributed by atoms with E-state index in [0.29, 0.717) is 29.7 Å². The number of aromatic amines is 1. The Morgan fingerprint density at radius 2 is 2.07 bits per heavy atom. The average molecular weight is 377 g/mol. The van der Waals surface area contributed by atoms with Gasteiger partial charge in [0.2, 0.25) is 5.88 Å². The van der Waals surface area contributed by atoms with Crippen LogP contribution in [-0.4, -0.2) is 44.7 Å². The van der Waals surface area contributed by atoms with E-state index in [1.54, 1.807) is 4.90 Å². The number of aromatic nitrogens is 2. The summed E-state index contributed by atoms with van der Waals surface area (Å²) >= 11 is 0. The lowest BCUT2D eigenvalue weighted by Gasteiger charge is -2.35. The van der Waals surface area contributed by atoms with Gasteiger partial charge in [-0.1, -0.05) is 18.2 Å². The molecule has 1 aromatic carbocycles. The molecule has 0 amide bonds. The summed E-state index contributed by atoms with van der Waals surface area (Å²) in [4.78, 5) is 21.6. The molecule has 7 nitrogen and oxygen atoms in total. The first-order valence-corrected chi connectivity index (χ1v) is 9.14. The summed E-state index contributed by atoms with van der Waals surface area (Å²) < 4.78 is 4.90. The van der Waals surface area contributed by atoms with Crippen LogP contribution in [0.3, 0.4) is 0 Å². The molecule has 0 aliphatic carbocycles. The highest BCUT2D eigenvalue weighted by Gasteiger charge is 2.37. The molecule has 0 saturated heterocycles. The minimum Gasteiger partial charge on any atom is -0.503 e. The Kier molecular flexibility index (Phi) is 3.58. The van der Waals surface area contributed by atoms with Gasteiger partial charge in [0.15, 0.2) is 5.76 Å². The Labute approximate surface area is 160 Å². The third-order valence-electron chi connectivity index (χ3n) is 5.76. The number of fused-ring (bicyclic) bond motifs is 6. The molecule has 142 valence electrons. The summed E-state index contributed by atoms with van der Waals surface area (Å²) in [5.74, 6) is -0.982. The van der Waals surface area contributed by atoms with Crippen molar-refractivity contribution in [3.05, 3.63) is 70.5 Å². The van der Waals surface area contributed by atoms with E-state index < -0.39 is 5.97 Å². The molecule has 5 rings (SSSR count). The van der Waals surface area contributed by atoms with Crippen molar-refractivity contribution in [2.75, 3.05) is 13.7 Å². The Morgan fingerprint density at radius 1 is 1.25 bits per heavy atom. The molecule has 0 bridgehead atoms. The number of esters is 1. The number of aliphatic hydroxyl groups excluding tert-OH is 2. The van der Waals surface area contributed by atoms with Crippen LogP contribution in [0.4, 0.5) is 0 Å². The highest BCUT2D eigenvalue weighted by molar-refractivity contribution is 5.92. The average Bonchev–Trinajstić information content (AvgIpc) is 3.06. The number of ether oxygens (including phenoxy) is 1. The number of nitrogens with one attached hydrogen (secondary N) is 1. The molecule has 2 aliphatic rings. The molecule has 0 saturated carbocycles. The Morgan fingerprint density at radius 3 is 2.89 bits per heavy atom. The van der Waals surface area contributed by atoms with Gasteiger partial charge in [0.25, 0.3) is 0 Å². The monoisotopic (exact) mass is 377 g/mol. The fourth-order valence-electron chi connectivity index (χ4n) is 4.43. The Bertz CT molecular complexity index is 1150. The van der Waals surface area contributed by atoms with Crippen LogP contribution in [0.1, 0.15) is 38.8 Å². The molecule has 2 aromatic heterocycles. The lowest BCUT2D eigenvalue weighted by atomic mass is 9.91. The number of rotatable bonds is 1. The number of methoxy groups -OCH3 is 1. The zero-order valence-electron chi connectivity index (χ0n) is 15.3. The summed E-state index contributed by atoms with van der Waals surface area (Å²) in [6.45, 7) is 0.560. The van der Waals surface area contributed by atoms with Crippen molar-refractivity contribution >= 4 is 22.6 Å². The molecule has 2 aliphatic heterocycles. The van der Waals surface area contributed by atoms with Gasteiger partial charge in [0.1, 0.15) is 0 Å². The first-order valence-electron chi connectivity index (χ1n) is 9.14. The predicted molar refractivity (Wildman–Crippen MR) is 103 cm³/mol. The van der Waals surface area contributed by atoms with Gasteiger partial charge in [-0.3, -0.25) is 4.98 Å². The van der Waals surface area contributed by atoms with Gasteiger partial charge < -0.3 is 24.8 Å². The summed E-state index contributed by atoms with van der Waals surface area (Å²) in [6.07, 6.45) is 4.08. The third-order valence-corrected chi connectivity index (χ3v) is 5.76. The van der Waals surface area contributed by atoms with Gasteiger partial charge in [0.05, 0.1) is 18.7 Å². The summed E-state index contributed by atoms with van der Waals surface area (Å²) in [5, 5.41) is 22.6. The van der Waals surface area contributed by atoms with Crippen LogP contribution in [0.2, 0.25) is 0 Å². The lowest BCUT2D eigenvalue weighted by Crippen LogP contribution is -2.35. The number of para-hydroxylation sites is 1. The second-order valence-corrected chi connectivity index (χ2v) is 7.10. The van der Waals surface area contributed by atoms with Crippen molar-refractivity contribution in [2.45, 2.75) is 18.9 Å². The van der Waals surface area contributed by atoms with Gasteiger partial charge in [-0.15, -0.1) is 0 Å². The zero-order chi connectivity index (χ0) is 19.4. The number of pyridine rings is 1. The number of H-pyrrole nitrogens is 1. The number of nitrogens with zero attached hydrogens (tertiary/aromatic N) is 2. The molecular weight excluding hydrogens is 358 g/mol. The van der Waals surface area contributed by atoms with Crippen molar-refractivity contribution in [1.29, 1.82) is 0 Å². The molecule has 0 spiro atoms. The van der Waals surface area contributed by atoms with Crippen LogP contribution in [0, 0.1) is 0 Å². The maximum Gasteiger partial charge on any atom is 0.339 e. The van der Waals surface area contributed by atoms with Crippen LogP contribution in [0.15, 0.2) is 42.5 Å². The SMILES string of the molecule is COC(=O)c1cncc2c1CC1c3[nH]c4ccccc4c3CCN1C(O)=C2O. The normalized spacial score (nSPS) is 18.3. The number of hydrogen-bond acceptors (Lipinski definition) is 6. The van der Waals surface area contributed by atoms with Crippen LogP contribution >= 0.6 is 0 Å². The molecule has 0 fully saturated rings. The van der Waals surface area contributed by atoms with Crippen molar-refractivity contribution in [3.8, 4) is 0 Å². The Hall–Kier alpha value is -3.48. The number of carbonyl (C=O) groups is 1. The minimum absolute atomic E-state index is 0.197. The summed E-state index contributed by atoms with van der Waals surface area (Å²) in [5.41, 5.74) is 4.50. The van der Waals surface area contributed by atoms with E-state index in [1.807, 2.05) is 18.2 Å². The van der Waals surface area contributed by atoms with Crippen LogP contribution < -0.4 is 0 Å². The lowest BCUT2D eigenvalue weighted by molar-refractivity contribution is 0.0598. The molecule has 4 heterocycles. The van der Waals surface area contributed by atoms with Gasteiger partial charge >= 0.3 is 5.97 Å². The van der Waals surface area contributed by atoms with E-state index in [1.165, 1.54) is 25.1 Å². The van der Waals surface area contributed by atoms with Crippen LogP contribution in [-0.2, 0) is 17.6 Å². The first-order chi connectivity index (χ1) is 13.6. The molecular formula is C21H19N3O4. The van der Waals surface area contributed by atoms with E-state index in [4.69, 9.17) is 4.74 Å². The van der Waals surface area contributed by atoms with Gasteiger partial charge in [0, 0.05) is 47.5 Å². The van der Waals surface area contributed by atoms with Crippen LogP contribution in [0.25, 0.3) is 16.7 Å². The fraction of sp³-hybridized carbons (Fsp3) is 0.238. The van der Waals surface area contributed by atoms with E-state index in [-0.39, 0.29) is 17.7 Å². The Balaban J connectivity index is 1.74. The van der Waals surface area contributed by atoms with Crippen molar-refractivity contribution in [2.24, 2.45) is 0 Å². The second kappa shape index (κ2) is 6.02. The molecule has 1 unspecified atom stereocenters. The minimum atomic E-state index is -0.516. The number of carbonyl (C=O) groups excluding carboxylic acids is 1. The maximum atomic E-state index is 12.3. The highest BCUT2D eigenvalue weighted by atomic mass is 16.5. The van der Waals surface area contributed by atoms with E-state index in [9.17, 15) is 15.0 Å². The quantitative estimate of drug-likeness (QED) is 0.563. The highest BCUT2D eigenvalue weighted by Crippen LogP contribution is 2.42. The fourth-order valence-corrected chi connectivity index (χ4v) is 4.43. The van der Waals surface area contributed by atoms with Gasteiger partial charge in [-0.25, -0.2) is 4.79 Å². The largest absolute Gasteiger partial charge is 0.503 e. The number of hydrogen-bond donors (Lipinski definition) is 3. The molecule has 1 atom stereocenters. The predicted octanol–water partition coefficient (Wildman–Crippen LogP) is 3.25. The summed E-state index contributed by atoms with van der Waals surface area (Å²) in [7, 11) is 1.31. The first kappa shape index (κ1) is 16.7. The number of benzene rings is 1. The molecule has 7 heteroatoms. The van der Waals surface area contributed by atoms with Gasteiger partial charge in [-0.05, 0) is 23.6 Å².